The van der Waals surface area contributed by atoms with E-state index in [1.54, 1.807) is 25.1 Å². The Bertz CT molecular complexity index is 496. The number of methoxy groups -OCH3 is 1. The number of hydrogen-bond donors (Lipinski definition) is 1. The van der Waals surface area contributed by atoms with Gasteiger partial charge in [0, 0.05) is 40.3 Å². The van der Waals surface area contributed by atoms with Crippen LogP contribution < -0.4 is 10.2 Å². The molecule has 1 aromatic rings. The van der Waals surface area contributed by atoms with Crippen molar-refractivity contribution in [2.24, 2.45) is 0 Å². The predicted octanol–water partition coefficient (Wildman–Crippen LogP) is 0.840. The molecule has 0 spiro atoms. The molecule has 0 saturated carbocycles. The molecule has 116 valence electrons. The predicted molar refractivity (Wildman–Crippen MR) is 79.8 cm³/mol. The number of carbonyl (C=O) groups excluding carboxylic acids is 1. The third kappa shape index (κ3) is 3.92. The second-order valence-electron chi connectivity index (χ2n) is 5.15. The van der Waals surface area contributed by atoms with E-state index in [1.807, 2.05) is 11.0 Å². The van der Waals surface area contributed by atoms with Crippen molar-refractivity contribution in [2.45, 2.75) is 6.54 Å². The summed E-state index contributed by atoms with van der Waals surface area (Å²) in [7, 11) is 3.42. The highest BCUT2D eigenvalue weighted by atomic mass is 19.1. The van der Waals surface area contributed by atoms with E-state index in [-0.39, 0.29) is 18.3 Å². The Morgan fingerprint density at radius 3 is 2.90 bits per heavy atom. The minimum absolute atomic E-state index is 0.0165. The molecule has 0 aliphatic carbocycles. The number of benzene rings is 1. The van der Waals surface area contributed by atoms with E-state index in [0.717, 1.165) is 5.56 Å². The van der Waals surface area contributed by atoms with Crippen molar-refractivity contribution in [1.29, 1.82) is 0 Å². The largest absolute Gasteiger partial charge is 0.383 e. The van der Waals surface area contributed by atoms with Gasteiger partial charge in [-0.3, -0.25) is 4.79 Å². The van der Waals surface area contributed by atoms with Gasteiger partial charge in [-0.25, -0.2) is 4.39 Å². The maximum Gasteiger partial charge on any atom is 0.241 e. The van der Waals surface area contributed by atoms with Gasteiger partial charge in [0.05, 0.1) is 18.8 Å². The van der Waals surface area contributed by atoms with Crippen LogP contribution in [-0.2, 0) is 16.1 Å². The van der Waals surface area contributed by atoms with Crippen LogP contribution in [0.2, 0.25) is 0 Å². The summed E-state index contributed by atoms with van der Waals surface area (Å²) in [6.07, 6.45) is 0. The minimum atomic E-state index is -0.279. The summed E-state index contributed by atoms with van der Waals surface area (Å²) in [4.78, 5) is 15.3. The summed E-state index contributed by atoms with van der Waals surface area (Å²) in [5, 5.41) is 3.22. The number of halogens is 1. The fourth-order valence-electron chi connectivity index (χ4n) is 2.40. The molecule has 1 heterocycles. The SMILES string of the molecule is COCCNCc1cccc(F)c1N1CCN(C)C(=O)C1. The number of amides is 1. The van der Waals surface area contributed by atoms with Crippen molar-refractivity contribution in [3.8, 4) is 0 Å². The number of para-hydroxylation sites is 1. The van der Waals surface area contributed by atoms with E-state index in [9.17, 15) is 9.18 Å². The molecule has 0 radical (unpaired) electrons. The van der Waals surface area contributed by atoms with Crippen LogP contribution in [0.1, 0.15) is 5.56 Å². The molecule has 6 heteroatoms. The second-order valence-corrected chi connectivity index (χ2v) is 5.15. The van der Waals surface area contributed by atoms with Crippen LogP contribution in [-0.4, -0.2) is 57.8 Å². The van der Waals surface area contributed by atoms with Gasteiger partial charge < -0.3 is 19.9 Å². The Morgan fingerprint density at radius 1 is 1.38 bits per heavy atom. The summed E-state index contributed by atoms with van der Waals surface area (Å²) in [6.45, 7) is 3.35. The van der Waals surface area contributed by atoms with Crippen molar-refractivity contribution in [1.82, 2.24) is 10.2 Å². The molecule has 1 N–H and O–H groups in total. The normalized spacial score (nSPS) is 15.7. The first kappa shape index (κ1) is 15.7. The number of carbonyl (C=O) groups is 1. The Morgan fingerprint density at radius 2 is 2.19 bits per heavy atom. The van der Waals surface area contributed by atoms with E-state index in [4.69, 9.17) is 4.74 Å². The van der Waals surface area contributed by atoms with Crippen LogP contribution in [0.3, 0.4) is 0 Å². The maximum atomic E-state index is 14.2. The third-order valence-corrected chi connectivity index (χ3v) is 3.64. The highest BCUT2D eigenvalue weighted by Gasteiger charge is 2.24. The van der Waals surface area contributed by atoms with Crippen LogP contribution in [0.15, 0.2) is 18.2 Å². The van der Waals surface area contributed by atoms with E-state index in [1.165, 1.54) is 6.07 Å². The van der Waals surface area contributed by atoms with Crippen LogP contribution in [0, 0.1) is 5.82 Å². The molecular formula is C15H22FN3O2. The standard InChI is InChI=1S/C15H22FN3O2/c1-18-7-8-19(11-14(18)20)15-12(4-3-5-13(15)16)10-17-6-9-21-2/h3-5,17H,6-11H2,1-2H3. The number of nitrogens with zero attached hydrogens (tertiary/aromatic N) is 2. The van der Waals surface area contributed by atoms with Gasteiger partial charge in [-0.05, 0) is 11.6 Å². The third-order valence-electron chi connectivity index (χ3n) is 3.64. The monoisotopic (exact) mass is 295 g/mol. The number of likely N-dealkylation sites (N-methyl/N-ethyl adjacent to an activating group) is 1. The number of ether oxygens (including phenoxy) is 1. The number of nitrogens with one attached hydrogen (secondary N) is 1. The zero-order valence-corrected chi connectivity index (χ0v) is 12.6. The van der Waals surface area contributed by atoms with Crippen molar-refractivity contribution >= 4 is 11.6 Å². The average molecular weight is 295 g/mol. The summed E-state index contributed by atoms with van der Waals surface area (Å²) >= 11 is 0. The van der Waals surface area contributed by atoms with Crippen molar-refractivity contribution in [3.63, 3.8) is 0 Å². The Balaban J connectivity index is 2.12. The molecule has 0 aromatic heterocycles. The first-order valence-corrected chi connectivity index (χ1v) is 7.09. The molecule has 1 aliphatic heterocycles. The van der Waals surface area contributed by atoms with Crippen molar-refractivity contribution in [3.05, 3.63) is 29.6 Å². The Labute approximate surface area is 124 Å². The number of rotatable bonds is 6. The molecule has 2 rings (SSSR count). The van der Waals surface area contributed by atoms with Gasteiger partial charge in [0.1, 0.15) is 5.82 Å². The average Bonchev–Trinajstić information content (AvgIpc) is 2.47. The zero-order chi connectivity index (χ0) is 15.2. The first-order chi connectivity index (χ1) is 10.1. The smallest absolute Gasteiger partial charge is 0.241 e. The summed E-state index contributed by atoms with van der Waals surface area (Å²) < 4.78 is 19.2. The van der Waals surface area contributed by atoms with Crippen LogP contribution >= 0.6 is 0 Å². The lowest BCUT2D eigenvalue weighted by Gasteiger charge is -2.34. The van der Waals surface area contributed by atoms with E-state index in [0.29, 0.717) is 38.5 Å². The first-order valence-electron chi connectivity index (χ1n) is 7.09. The van der Waals surface area contributed by atoms with Gasteiger partial charge in [-0.1, -0.05) is 12.1 Å². The number of anilines is 1. The van der Waals surface area contributed by atoms with E-state index >= 15 is 0 Å². The van der Waals surface area contributed by atoms with Gasteiger partial charge in [0.25, 0.3) is 0 Å². The lowest BCUT2D eigenvalue weighted by Crippen LogP contribution is -2.49. The molecular weight excluding hydrogens is 273 g/mol. The van der Waals surface area contributed by atoms with Crippen LogP contribution in [0.4, 0.5) is 10.1 Å². The lowest BCUT2D eigenvalue weighted by atomic mass is 10.1. The van der Waals surface area contributed by atoms with Crippen molar-refractivity contribution < 1.29 is 13.9 Å². The van der Waals surface area contributed by atoms with E-state index < -0.39 is 0 Å². The topological polar surface area (TPSA) is 44.8 Å². The van der Waals surface area contributed by atoms with Gasteiger partial charge in [-0.2, -0.15) is 0 Å². The van der Waals surface area contributed by atoms with Crippen molar-refractivity contribution in [2.75, 3.05) is 51.8 Å². The molecule has 1 aliphatic rings. The maximum absolute atomic E-state index is 14.2. The molecule has 1 aromatic carbocycles. The quantitative estimate of drug-likeness (QED) is 0.790. The number of piperazine rings is 1. The second kappa shape index (κ2) is 7.38. The zero-order valence-electron chi connectivity index (χ0n) is 12.6. The molecule has 0 unspecified atom stereocenters. The van der Waals surface area contributed by atoms with Gasteiger partial charge in [0.2, 0.25) is 5.91 Å². The fourth-order valence-corrected chi connectivity index (χ4v) is 2.40. The molecule has 5 nitrogen and oxygen atoms in total. The minimum Gasteiger partial charge on any atom is -0.383 e. The lowest BCUT2D eigenvalue weighted by molar-refractivity contribution is -0.129. The fraction of sp³-hybridized carbons (Fsp3) is 0.533. The molecule has 21 heavy (non-hydrogen) atoms. The van der Waals surface area contributed by atoms with Gasteiger partial charge in [0.15, 0.2) is 0 Å². The Kier molecular flexibility index (Phi) is 5.52. The van der Waals surface area contributed by atoms with Gasteiger partial charge >= 0.3 is 0 Å². The highest BCUT2D eigenvalue weighted by molar-refractivity contribution is 5.83. The highest BCUT2D eigenvalue weighted by Crippen LogP contribution is 2.25. The Hall–Kier alpha value is -1.66. The number of hydrogen-bond acceptors (Lipinski definition) is 4. The molecule has 1 saturated heterocycles. The molecule has 0 atom stereocenters. The van der Waals surface area contributed by atoms with Crippen LogP contribution in [0.25, 0.3) is 0 Å². The molecule has 1 fully saturated rings. The molecule has 0 bridgehead atoms. The summed E-state index contributed by atoms with van der Waals surface area (Å²) in [5.74, 6) is -0.263. The van der Waals surface area contributed by atoms with E-state index in [2.05, 4.69) is 5.32 Å². The summed E-state index contributed by atoms with van der Waals surface area (Å²) in [6, 6.07) is 5.03. The molecule has 1 amide bonds. The summed E-state index contributed by atoms with van der Waals surface area (Å²) in [5.41, 5.74) is 1.40. The van der Waals surface area contributed by atoms with Crippen LogP contribution in [0.5, 0.6) is 0 Å². The van der Waals surface area contributed by atoms with Gasteiger partial charge in [-0.15, -0.1) is 0 Å².